The van der Waals surface area contributed by atoms with Gasteiger partial charge in [0.15, 0.2) is 5.75 Å². The number of ether oxygens (including phenoxy) is 1. The monoisotopic (exact) mass is 324 g/mol. The summed E-state index contributed by atoms with van der Waals surface area (Å²) in [5, 5.41) is 9.43. The largest absolute Gasteiger partial charge is 0.486 e. The summed E-state index contributed by atoms with van der Waals surface area (Å²) in [6.07, 6.45) is 0. The summed E-state index contributed by atoms with van der Waals surface area (Å²) >= 11 is 12.0. The molecule has 1 N–H and O–H groups in total. The Labute approximate surface area is 132 Å². The maximum absolute atomic E-state index is 13.5. The van der Waals surface area contributed by atoms with E-state index in [4.69, 9.17) is 33.0 Å². The lowest BCUT2D eigenvalue weighted by atomic mass is 10.1. The average Bonchev–Trinajstić information content (AvgIpc) is 2.44. The zero-order valence-corrected chi connectivity index (χ0v) is 12.4. The summed E-state index contributed by atoms with van der Waals surface area (Å²) in [6.45, 7) is -0.174. The second kappa shape index (κ2) is 7.33. The average molecular weight is 325 g/mol. The fourth-order valence-corrected chi connectivity index (χ4v) is 2.23. The van der Waals surface area contributed by atoms with E-state index >= 15 is 0 Å². The molecule has 108 valence electrons. The molecule has 21 heavy (non-hydrogen) atoms. The van der Waals surface area contributed by atoms with Crippen molar-refractivity contribution in [3.63, 3.8) is 0 Å². The predicted octanol–water partition coefficient (Wildman–Crippen LogP) is 4.06. The molecule has 0 saturated heterocycles. The Bertz CT molecular complexity index is 685. The van der Waals surface area contributed by atoms with Crippen molar-refractivity contribution in [2.45, 2.75) is 6.61 Å². The Morgan fingerprint density at radius 1 is 1.14 bits per heavy atom. The minimum Gasteiger partial charge on any atom is -0.486 e. The van der Waals surface area contributed by atoms with Gasteiger partial charge in [-0.1, -0.05) is 41.1 Å². The van der Waals surface area contributed by atoms with E-state index in [0.29, 0.717) is 26.9 Å². The maximum atomic E-state index is 13.5. The normalized spacial score (nSPS) is 9.90. The number of halogens is 3. The van der Waals surface area contributed by atoms with E-state index in [0.717, 1.165) is 0 Å². The van der Waals surface area contributed by atoms with Gasteiger partial charge in [0.2, 0.25) is 0 Å². The Morgan fingerprint density at radius 3 is 2.52 bits per heavy atom. The van der Waals surface area contributed by atoms with Crippen molar-refractivity contribution in [1.29, 1.82) is 0 Å². The predicted molar refractivity (Wildman–Crippen MR) is 81.2 cm³/mol. The molecule has 0 spiro atoms. The van der Waals surface area contributed by atoms with Crippen LogP contribution in [0.15, 0.2) is 36.4 Å². The molecular weight excluding hydrogens is 314 g/mol. The van der Waals surface area contributed by atoms with E-state index in [1.807, 2.05) is 0 Å². The molecule has 0 aromatic heterocycles. The minimum atomic E-state index is -0.427. The van der Waals surface area contributed by atoms with Crippen LogP contribution in [-0.2, 0) is 6.61 Å². The highest BCUT2D eigenvalue weighted by Gasteiger charge is 2.07. The fourth-order valence-electron chi connectivity index (χ4n) is 1.72. The van der Waals surface area contributed by atoms with Gasteiger partial charge in [-0.3, -0.25) is 0 Å². The van der Waals surface area contributed by atoms with Gasteiger partial charge < -0.3 is 9.84 Å². The van der Waals surface area contributed by atoms with Crippen molar-refractivity contribution in [1.82, 2.24) is 0 Å². The SMILES string of the molecule is OCC#Cc1cc(F)cc(COc2c(Cl)cccc2Cl)c1. The second-order valence-corrected chi connectivity index (χ2v) is 4.96. The summed E-state index contributed by atoms with van der Waals surface area (Å²) < 4.78 is 19.0. The quantitative estimate of drug-likeness (QED) is 0.863. The molecule has 0 atom stereocenters. The van der Waals surface area contributed by atoms with Gasteiger partial charge in [-0.2, -0.15) is 0 Å². The third-order valence-electron chi connectivity index (χ3n) is 2.57. The molecule has 0 amide bonds. The van der Waals surface area contributed by atoms with Crippen LogP contribution >= 0.6 is 23.2 Å². The standard InChI is InChI=1S/C16H11Cl2FO2/c17-14-4-1-5-15(18)16(14)21-10-12-7-11(3-2-6-20)8-13(19)9-12/h1,4-5,7-9,20H,6,10H2. The molecule has 0 bridgehead atoms. The van der Waals surface area contributed by atoms with E-state index in [1.165, 1.54) is 12.1 Å². The number of hydrogen-bond acceptors (Lipinski definition) is 2. The zero-order valence-electron chi connectivity index (χ0n) is 10.9. The molecule has 0 fully saturated rings. The second-order valence-electron chi connectivity index (χ2n) is 4.15. The lowest BCUT2D eigenvalue weighted by molar-refractivity contribution is 0.306. The first-order valence-electron chi connectivity index (χ1n) is 6.06. The van der Waals surface area contributed by atoms with Gasteiger partial charge in [0, 0.05) is 5.56 Å². The lowest BCUT2D eigenvalue weighted by Crippen LogP contribution is -1.98. The van der Waals surface area contributed by atoms with Gasteiger partial charge in [0.1, 0.15) is 19.0 Å². The highest BCUT2D eigenvalue weighted by molar-refractivity contribution is 6.37. The molecule has 0 aliphatic carbocycles. The van der Waals surface area contributed by atoms with Gasteiger partial charge in [0.05, 0.1) is 10.0 Å². The van der Waals surface area contributed by atoms with Crippen molar-refractivity contribution in [2.75, 3.05) is 6.61 Å². The van der Waals surface area contributed by atoms with Crippen LogP contribution in [0.5, 0.6) is 5.75 Å². The number of hydrogen-bond donors (Lipinski definition) is 1. The molecule has 2 rings (SSSR count). The van der Waals surface area contributed by atoms with Gasteiger partial charge in [-0.05, 0) is 35.9 Å². The van der Waals surface area contributed by atoms with Crippen LogP contribution in [-0.4, -0.2) is 11.7 Å². The smallest absolute Gasteiger partial charge is 0.156 e. The first kappa shape index (κ1) is 15.7. The molecule has 0 saturated carbocycles. The van der Waals surface area contributed by atoms with Crippen LogP contribution in [0.3, 0.4) is 0 Å². The number of aliphatic hydroxyl groups excluding tert-OH is 1. The molecule has 2 aromatic rings. The van der Waals surface area contributed by atoms with Crippen LogP contribution in [0.2, 0.25) is 10.0 Å². The first-order chi connectivity index (χ1) is 10.1. The molecule has 0 radical (unpaired) electrons. The summed E-state index contributed by atoms with van der Waals surface area (Å²) in [6, 6.07) is 9.33. The maximum Gasteiger partial charge on any atom is 0.156 e. The van der Waals surface area contributed by atoms with E-state index in [1.54, 1.807) is 24.3 Å². The van der Waals surface area contributed by atoms with Gasteiger partial charge in [-0.25, -0.2) is 4.39 Å². The van der Waals surface area contributed by atoms with Crippen molar-refractivity contribution in [3.05, 3.63) is 63.4 Å². The summed E-state index contributed by atoms with van der Waals surface area (Å²) in [5.74, 6) is 5.04. The number of aliphatic hydroxyl groups is 1. The Balaban J connectivity index is 2.18. The zero-order chi connectivity index (χ0) is 15.2. The number of rotatable bonds is 3. The van der Waals surface area contributed by atoms with Crippen molar-refractivity contribution < 1.29 is 14.2 Å². The van der Waals surface area contributed by atoms with Crippen molar-refractivity contribution in [3.8, 4) is 17.6 Å². The third-order valence-corrected chi connectivity index (χ3v) is 3.17. The van der Waals surface area contributed by atoms with Crippen LogP contribution in [0, 0.1) is 17.7 Å². The Kier molecular flexibility index (Phi) is 5.46. The van der Waals surface area contributed by atoms with Gasteiger partial charge in [-0.15, -0.1) is 0 Å². The van der Waals surface area contributed by atoms with Gasteiger partial charge in [0.25, 0.3) is 0 Å². The topological polar surface area (TPSA) is 29.5 Å². The minimum absolute atomic E-state index is 0.106. The molecule has 0 heterocycles. The first-order valence-corrected chi connectivity index (χ1v) is 6.82. The highest BCUT2D eigenvalue weighted by Crippen LogP contribution is 2.32. The van der Waals surface area contributed by atoms with Crippen LogP contribution in [0.4, 0.5) is 4.39 Å². The molecule has 5 heteroatoms. The molecule has 2 aromatic carbocycles. The summed E-state index contributed by atoms with van der Waals surface area (Å²) in [4.78, 5) is 0. The van der Waals surface area contributed by atoms with Crippen molar-refractivity contribution >= 4 is 23.2 Å². The van der Waals surface area contributed by atoms with Crippen LogP contribution in [0.25, 0.3) is 0 Å². The molecule has 0 aliphatic rings. The van der Waals surface area contributed by atoms with Crippen LogP contribution < -0.4 is 4.74 Å². The van der Waals surface area contributed by atoms with E-state index in [9.17, 15) is 4.39 Å². The highest BCUT2D eigenvalue weighted by atomic mass is 35.5. The van der Waals surface area contributed by atoms with E-state index < -0.39 is 5.82 Å². The molecule has 0 unspecified atom stereocenters. The Morgan fingerprint density at radius 2 is 1.86 bits per heavy atom. The lowest BCUT2D eigenvalue weighted by Gasteiger charge is -2.10. The number of benzene rings is 2. The van der Waals surface area contributed by atoms with Crippen molar-refractivity contribution in [2.24, 2.45) is 0 Å². The van der Waals surface area contributed by atoms with E-state index in [2.05, 4.69) is 11.8 Å². The molecule has 0 aliphatic heterocycles. The Hall–Kier alpha value is -1.73. The third kappa shape index (κ3) is 4.37. The molecular formula is C16H11Cl2FO2. The van der Waals surface area contributed by atoms with Crippen LogP contribution in [0.1, 0.15) is 11.1 Å². The summed E-state index contributed by atoms with van der Waals surface area (Å²) in [7, 11) is 0. The fraction of sp³-hybridized carbons (Fsp3) is 0.125. The van der Waals surface area contributed by atoms with Gasteiger partial charge >= 0.3 is 0 Å². The van der Waals surface area contributed by atoms with E-state index in [-0.39, 0.29) is 13.2 Å². The number of para-hydroxylation sites is 1. The summed E-state index contributed by atoms with van der Waals surface area (Å²) in [5.41, 5.74) is 1.06. The molecule has 2 nitrogen and oxygen atoms in total.